The van der Waals surface area contributed by atoms with E-state index in [1.54, 1.807) is 18.4 Å². The van der Waals surface area contributed by atoms with Gasteiger partial charge in [-0.1, -0.05) is 45.9 Å². The van der Waals surface area contributed by atoms with Gasteiger partial charge in [-0.05, 0) is 17.5 Å². The van der Waals surface area contributed by atoms with Crippen LogP contribution in [0.15, 0.2) is 30.3 Å². The number of benzene rings is 1. The molecule has 0 aliphatic heterocycles. The molecule has 1 aromatic carbocycles. The lowest BCUT2D eigenvalue weighted by atomic mass is 10.0. The third kappa shape index (κ3) is 10.5. The van der Waals surface area contributed by atoms with E-state index in [1.807, 2.05) is 18.2 Å². The van der Waals surface area contributed by atoms with E-state index in [0.29, 0.717) is 11.2 Å². The van der Waals surface area contributed by atoms with Crippen LogP contribution in [-0.2, 0) is 0 Å². The maximum absolute atomic E-state index is 8.05. The molecule has 1 rings (SSSR count). The first-order valence-corrected chi connectivity index (χ1v) is 4.54. The van der Waals surface area contributed by atoms with Crippen LogP contribution in [0.2, 0.25) is 0 Å². The average molecular weight is 191 g/mol. The van der Waals surface area contributed by atoms with E-state index in [2.05, 4.69) is 32.4 Å². The van der Waals surface area contributed by atoms with Crippen LogP contribution in [0.1, 0.15) is 27.7 Å². The molecule has 1 aromatic rings. The van der Waals surface area contributed by atoms with Gasteiger partial charge in [-0.3, -0.25) is 0 Å². The lowest BCUT2D eigenvalue weighted by Gasteiger charge is -2.05. The van der Waals surface area contributed by atoms with Crippen molar-refractivity contribution < 1.29 is 4.74 Å². The SMILES string of the molecule is CC(C)(C)C.N#COc1ccccc1. The minimum absolute atomic E-state index is 0.500. The fraction of sp³-hybridized carbons (Fsp3) is 0.417. The van der Waals surface area contributed by atoms with Crippen LogP contribution in [0.25, 0.3) is 0 Å². The first-order chi connectivity index (χ1) is 6.43. The summed E-state index contributed by atoms with van der Waals surface area (Å²) in [5.74, 6) is 0.583. The van der Waals surface area contributed by atoms with Crippen molar-refractivity contribution in [1.82, 2.24) is 0 Å². The van der Waals surface area contributed by atoms with Crippen molar-refractivity contribution in [3.8, 4) is 12.0 Å². The molecule has 0 radical (unpaired) electrons. The first-order valence-electron chi connectivity index (χ1n) is 4.54. The molecular weight excluding hydrogens is 174 g/mol. The summed E-state index contributed by atoms with van der Waals surface area (Å²) in [5, 5.41) is 8.05. The van der Waals surface area contributed by atoms with Crippen LogP contribution < -0.4 is 4.74 Å². The zero-order valence-corrected chi connectivity index (χ0v) is 9.24. The monoisotopic (exact) mass is 191 g/mol. The van der Waals surface area contributed by atoms with Gasteiger partial charge in [-0.2, -0.15) is 0 Å². The quantitative estimate of drug-likeness (QED) is 0.635. The molecule has 14 heavy (non-hydrogen) atoms. The van der Waals surface area contributed by atoms with Crippen LogP contribution in [0, 0.1) is 16.9 Å². The summed E-state index contributed by atoms with van der Waals surface area (Å²) in [4.78, 5) is 0. The summed E-state index contributed by atoms with van der Waals surface area (Å²) >= 11 is 0. The Kier molecular flexibility index (Phi) is 5.40. The van der Waals surface area contributed by atoms with Crippen molar-refractivity contribution in [1.29, 1.82) is 5.26 Å². The minimum Gasteiger partial charge on any atom is -0.388 e. The molecule has 0 aromatic heterocycles. The second-order valence-corrected chi connectivity index (χ2v) is 4.51. The Bertz CT molecular complexity index is 273. The summed E-state index contributed by atoms with van der Waals surface area (Å²) in [7, 11) is 0. The molecule has 0 bridgehead atoms. The summed E-state index contributed by atoms with van der Waals surface area (Å²) < 4.78 is 4.51. The fourth-order valence-electron chi connectivity index (χ4n) is 0.541. The highest BCUT2D eigenvalue weighted by molar-refractivity contribution is 5.21. The number of rotatable bonds is 1. The zero-order chi connectivity index (χ0) is 11.0. The standard InChI is InChI=1S/C7H5NO.C5H12/c8-6-9-7-4-2-1-3-5-7;1-5(2,3)4/h1-5H;1-4H3. The fourth-order valence-corrected chi connectivity index (χ4v) is 0.541. The average Bonchev–Trinajstić information content (AvgIpc) is 2.03. The Morgan fingerprint density at radius 1 is 1.07 bits per heavy atom. The Hall–Kier alpha value is -1.49. The Labute approximate surface area is 86.1 Å². The van der Waals surface area contributed by atoms with Crippen LogP contribution in [0.3, 0.4) is 0 Å². The summed E-state index contributed by atoms with van der Waals surface area (Å²) in [6.07, 6.45) is 1.58. The third-order valence-corrected chi connectivity index (χ3v) is 0.907. The van der Waals surface area contributed by atoms with Crippen LogP contribution in [0.4, 0.5) is 0 Å². The molecule has 0 amide bonds. The molecule has 0 aliphatic carbocycles. The highest BCUT2D eigenvalue weighted by atomic mass is 16.5. The molecule has 0 heterocycles. The Morgan fingerprint density at radius 3 is 1.86 bits per heavy atom. The van der Waals surface area contributed by atoms with E-state index in [4.69, 9.17) is 5.26 Å². The molecule has 0 atom stereocenters. The Morgan fingerprint density at radius 2 is 1.50 bits per heavy atom. The maximum atomic E-state index is 8.05. The van der Waals surface area contributed by atoms with Gasteiger partial charge in [-0.15, -0.1) is 5.26 Å². The molecule has 0 saturated carbocycles. The molecule has 0 spiro atoms. The number of ether oxygens (including phenoxy) is 1. The van der Waals surface area contributed by atoms with Gasteiger partial charge in [-0.25, -0.2) is 0 Å². The van der Waals surface area contributed by atoms with Crippen molar-refractivity contribution in [3.05, 3.63) is 30.3 Å². The lowest BCUT2D eigenvalue weighted by Crippen LogP contribution is -1.93. The molecule has 2 heteroatoms. The van der Waals surface area contributed by atoms with E-state index in [-0.39, 0.29) is 0 Å². The maximum Gasteiger partial charge on any atom is 0.292 e. The highest BCUT2D eigenvalue weighted by Gasteiger charge is 1.95. The van der Waals surface area contributed by atoms with Crippen LogP contribution in [0.5, 0.6) is 5.75 Å². The number of nitrogens with zero attached hydrogens (tertiary/aromatic N) is 1. The normalized spacial score (nSPS) is 9.36. The van der Waals surface area contributed by atoms with Gasteiger partial charge in [0.1, 0.15) is 5.75 Å². The molecule has 0 unspecified atom stereocenters. The van der Waals surface area contributed by atoms with E-state index in [1.165, 1.54) is 0 Å². The molecule has 0 N–H and O–H groups in total. The molecule has 0 saturated heterocycles. The van der Waals surface area contributed by atoms with Crippen molar-refractivity contribution in [2.75, 3.05) is 0 Å². The predicted octanol–water partition coefficient (Wildman–Crippen LogP) is 3.60. The largest absolute Gasteiger partial charge is 0.388 e. The number of hydrogen-bond acceptors (Lipinski definition) is 2. The minimum atomic E-state index is 0.500. The van der Waals surface area contributed by atoms with Crippen molar-refractivity contribution in [2.45, 2.75) is 27.7 Å². The van der Waals surface area contributed by atoms with E-state index >= 15 is 0 Å². The van der Waals surface area contributed by atoms with Gasteiger partial charge in [0.05, 0.1) is 0 Å². The second-order valence-electron chi connectivity index (χ2n) is 4.51. The third-order valence-electron chi connectivity index (χ3n) is 0.907. The molecule has 2 nitrogen and oxygen atoms in total. The van der Waals surface area contributed by atoms with Gasteiger partial charge in [0.25, 0.3) is 6.26 Å². The number of hydrogen-bond donors (Lipinski definition) is 0. The van der Waals surface area contributed by atoms with Gasteiger partial charge < -0.3 is 4.74 Å². The van der Waals surface area contributed by atoms with Crippen molar-refractivity contribution >= 4 is 0 Å². The summed E-state index contributed by atoms with van der Waals surface area (Å²) in [6.45, 7) is 8.75. The molecule has 76 valence electrons. The van der Waals surface area contributed by atoms with Gasteiger partial charge >= 0.3 is 0 Å². The smallest absolute Gasteiger partial charge is 0.292 e. The van der Waals surface area contributed by atoms with Gasteiger partial charge in [0, 0.05) is 0 Å². The predicted molar refractivity (Wildman–Crippen MR) is 57.8 cm³/mol. The first kappa shape index (κ1) is 12.5. The van der Waals surface area contributed by atoms with E-state index in [0.717, 1.165) is 0 Å². The van der Waals surface area contributed by atoms with E-state index < -0.39 is 0 Å². The second kappa shape index (κ2) is 6.04. The van der Waals surface area contributed by atoms with Gasteiger partial charge in [0.2, 0.25) is 0 Å². The van der Waals surface area contributed by atoms with Crippen molar-refractivity contribution in [3.63, 3.8) is 0 Å². The van der Waals surface area contributed by atoms with Gasteiger partial charge in [0.15, 0.2) is 0 Å². The number of para-hydroxylation sites is 1. The zero-order valence-electron chi connectivity index (χ0n) is 9.24. The number of nitriles is 1. The lowest BCUT2D eigenvalue weighted by molar-refractivity contribution is 0.469. The van der Waals surface area contributed by atoms with Crippen LogP contribution >= 0.6 is 0 Å². The topological polar surface area (TPSA) is 33.0 Å². The van der Waals surface area contributed by atoms with Crippen molar-refractivity contribution in [2.24, 2.45) is 5.41 Å². The van der Waals surface area contributed by atoms with E-state index in [9.17, 15) is 0 Å². The Balaban J connectivity index is 0.000000292. The molecule has 0 aliphatic rings. The molecular formula is C12H17NO. The summed E-state index contributed by atoms with van der Waals surface area (Å²) in [5.41, 5.74) is 0.500. The highest BCUT2D eigenvalue weighted by Crippen LogP contribution is 2.08. The molecule has 0 fully saturated rings. The summed E-state index contributed by atoms with van der Waals surface area (Å²) in [6, 6.07) is 8.94. The van der Waals surface area contributed by atoms with Crippen LogP contribution in [-0.4, -0.2) is 0 Å².